The van der Waals surface area contributed by atoms with Crippen LogP contribution in [0.5, 0.6) is 0 Å². The second-order valence-corrected chi connectivity index (χ2v) is 7.95. The molecule has 0 aromatic rings. The second kappa shape index (κ2) is 9.51. The third-order valence-electron chi connectivity index (χ3n) is 4.60. The molecule has 0 aromatic heterocycles. The van der Waals surface area contributed by atoms with Crippen molar-refractivity contribution in [1.29, 1.82) is 0 Å². The van der Waals surface area contributed by atoms with Crippen LogP contribution in [-0.2, 0) is 4.74 Å². The van der Waals surface area contributed by atoms with Gasteiger partial charge in [-0.1, -0.05) is 0 Å². The lowest BCUT2D eigenvalue weighted by Crippen LogP contribution is -2.55. The Morgan fingerprint density at radius 3 is 2.19 bits per heavy atom. The largest absolute Gasteiger partial charge is 0.444 e. The lowest BCUT2D eigenvalue weighted by atomic mass is 9.98. The molecular weight excluding hydrogens is 476 g/mol. The first kappa shape index (κ1) is 24.1. The van der Waals surface area contributed by atoms with Gasteiger partial charge in [-0.25, -0.2) is 4.79 Å². The SMILES string of the molecule is CN=C(NCCC(F)(F)F)NC1CC2CCC(C1)N2C(=O)OC(C)(C)C.I. The maximum Gasteiger partial charge on any atom is 0.410 e. The van der Waals surface area contributed by atoms with E-state index in [1.54, 1.807) is 0 Å². The molecule has 2 saturated heterocycles. The Labute approximate surface area is 175 Å². The Hall–Kier alpha value is -0.940. The van der Waals surface area contributed by atoms with Crippen molar-refractivity contribution in [3.05, 3.63) is 0 Å². The zero-order valence-electron chi connectivity index (χ0n) is 16.2. The molecule has 2 atom stereocenters. The smallest absolute Gasteiger partial charge is 0.410 e. The fourth-order valence-electron chi connectivity index (χ4n) is 3.62. The predicted octanol–water partition coefficient (Wildman–Crippen LogP) is 3.65. The molecule has 2 aliphatic heterocycles. The molecule has 6 nitrogen and oxygen atoms in total. The number of rotatable bonds is 3. The number of fused-ring (bicyclic) bond motifs is 2. The Kier molecular flexibility index (Phi) is 8.49. The second-order valence-electron chi connectivity index (χ2n) is 7.95. The maximum atomic E-state index is 12.4. The molecule has 0 saturated carbocycles. The van der Waals surface area contributed by atoms with E-state index < -0.39 is 18.2 Å². The summed E-state index contributed by atoms with van der Waals surface area (Å²) in [6, 6.07) is 0.257. The quantitative estimate of drug-likeness (QED) is 0.349. The van der Waals surface area contributed by atoms with E-state index in [-0.39, 0.29) is 54.7 Å². The van der Waals surface area contributed by atoms with E-state index in [1.165, 1.54) is 7.05 Å². The van der Waals surface area contributed by atoms with Crippen LogP contribution in [0, 0.1) is 0 Å². The van der Waals surface area contributed by atoms with E-state index in [2.05, 4.69) is 15.6 Å². The van der Waals surface area contributed by atoms with Gasteiger partial charge in [0.05, 0.1) is 6.42 Å². The van der Waals surface area contributed by atoms with Gasteiger partial charge in [0.25, 0.3) is 0 Å². The highest BCUT2D eigenvalue weighted by Gasteiger charge is 2.45. The van der Waals surface area contributed by atoms with E-state index in [1.807, 2.05) is 25.7 Å². The topological polar surface area (TPSA) is 66.0 Å². The number of guanidine groups is 1. The van der Waals surface area contributed by atoms with Gasteiger partial charge in [-0.2, -0.15) is 13.2 Å². The average molecular weight is 506 g/mol. The van der Waals surface area contributed by atoms with Crippen LogP contribution in [-0.4, -0.2) is 60.4 Å². The van der Waals surface area contributed by atoms with Crippen molar-refractivity contribution in [1.82, 2.24) is 15.5 Å². The standard InChI is InChI=1S/C17H29F3N4O2.HI/c1-16(2,3)26-15(25)24-12-5-6-13(24)10-11(9-12)23-14(21-4)22-8-7-17(18,19)20;/h11-13H,5-10H2,1-4H3,(H2,21,22,23);1H. The number of carbonyl (C=O) groups is 1. The number of hydrogen-bond acceptors (Lipinski definition) is 3. The fraction of sp³-hybridized carbons (Fsp3) is 0.882. The van der Waals surface area contributed by atoms with Gasteiger partial charge in [0.2, 0.25) is 0 Å². The van der Waals surface area contributed by atoms with Crippen molar-refractivity contribution in [2.45, 2.75) is 82.8 Å². The van der Waals surface area contributed by atoms with Crippen LogP contribution in [0.1, 0.15) is 52.9 Å². The number of carbonyl (C=O) groups excluding carboxylic acids is 1. The van der Waals surface area contributed by atoms with Crippen molar-refractivity contribution < 1.29 is 22.7 Å². The van der Waals surface area contributed by atoms with Crippen molar-refractivity contribution in [3.63, 3.8) is 0 Å². The summed E-state index contributed by atoms with van der Waals surface area (Å²) in [5.74, 6) is 0.365. The Morgan fingerprint density at radius 2 is 1.74 bits per heavy atom. The zero-order valence-corrected chi connectivity index (χ0v) is 18.6. The number of ether oxygens (including phenoxy) is 1. The molecule has 2 unspecified atom stereocenters. The van der Waals surface area contributed by atoms with Gasteiger partial charge < -0.3 is 20.3 Å². The van der Waals surface area contributed by atoms with Gasteiger partial charge in [-0.15, -0.1) is 24.0 Å². The van der Waals surface area contributed by atoms with Crippen LogP contribution in [0.15, 0.2) is 4.99 Å². The van der Waals surface area contributed by atoms with Crippen LogP contribution in [0.3, 0.4) is 0 Å². The minimum atomic E-state index is -4.19. The van der Waals surface area contributed by atoms with Crippen molar-refractivity contribution in [2.75, 3.05) is 13.6 Å². The molecule has 2 rings (SSSR count). The summed E-state index contributed by atoms with van der Waals surface area (Å²) >= 11 is 0. The highest BCUT2D eigenvalue weighted by Crippen LogP contribution is 2.36. The summed E-state index contributed by atoms with van der Waals surface area (Å²) in [6.45, 7) is 5.32. The molecule has 0 aliphatic carbocycles. The van der Waals surface area contributed by atoms with Gasteiger partial charge in [0.1, 0.15) is 5.60 Å². The van der Waals surface area contributed by atoms with Gasteiger partial charge >= 0.3 is 12.3 Å². The number of nitrogens with one attached hydrogen (secondary N) is 2. The first-order valence-electron chi connectivity index (χ1n) is 9.04. The summed E-state index contributed by atoms with van der Waals surface area (Å²) in [7, 11) is 1.54. The van der Waals surface area contributed by atoms with Crippen LogP contribution >= 0.6 is 24.0 Å². The first-order valence-corrected chi connectivity index (χ1v) is 9.04. The number of alkyl halides is 3. The van der Waals surface area contributed by atoms with Gasteiger partial charge in [0.15, 0.2) is 5.96 Å². The molecule has 158 valence electrons. The number of hydrogen-bond donors (Lipinski definition) is 2. The van der Waals surface area contributed by atoms with Crippen LogP contribution in [0.25, 0.3) is 0 Å². The summed E-state index contributed by atoms with van der Waals surface area (Å²) < 4.78 is 42.3. The first-order chi connectivity index (χ1) is 12.0. The molecule has 2 bridgehead atoms. The number of nitrogens with zero attached hydrogens (tertiary/aromatic N) is 2. The number of piperidine rings is 1. The number of halogens is 4. The lowest BCUT2D eigenvalue weighted by molar-refractivity contribution is -0.132. The zero-order chi connectivity index (χ0) is 19.5. The Morgan fingerprint density at radius 1 is 1.19 bits per heavy atom. The Balaban J connectivity index is 0.00000364. The van der Waals surface area contributed by atoms with E-state index in [0.29, 0.717) is 5.96 Å². The third-order valence-corrected chi connectivity index (χ3v) is 4.60. The minimum Gasteiger partial charge on any atom is -0.444 e. The van der Waals surface area contributed by atoms with Crippen molar-refractivity contribution >= 4 is 36.0 Å². The molecule has 0 aromatic carbocycles. The summed E-state index contributed by atoms with van der Waals surface area (Å²) in [5.41, 5.74) is -0.532. The van der Waals surface area contributed by atoms with Gasteiger partial charge in [0, 0.05) is 31.7 Å². The molecular formula is C17H30F3IN4O2. The third kappa shape index (κ3) is 7.53. The van der Waals surface area contributed by atoms with Crippen LogP contribution in [0.2, 0.25) is 0 Å². The van der Waals surface area contributed by atoms with E-state index in [0.717, 1.165) is 25.7 Å². The fourth-order valence-corrected chi connectivity index (χ4v) is 3.62. The van der Waals surface area contributed by atoms with Crippen LogP contribution < -0.4 is 10.6 Å². The summed E-state index contributed by atoms with van der Waals surface area (Å²) in [5, 5.41) is 5.90. The molecule has 0 radical (unpaired) electrons. The van der Waals surface area contributed by atoms with E-state index in [9.17, 15) is 18.0 Å². The molecule has 27 heavy (non-hydrogen) atoms. The van der Waals surface area contributed by atoms with Crippen LogP contribution in [0.4, 0.5) is 18.0 Å². The monoisotopic (exact) mass is 506 g/mol. The summed E-state index contributed by atoms with van der Waals surface area (Å²) in [6.07, 6.45) is -2.08. The molecule has 1 amide bonds. The Bertz CT molecular complexity index is 523. The van der Waals surface area contributed by atoms with Gasteiger partial charge in [-0.3, -0.25) is 4.99 Å². The summed E-state index contributed by atoms with van der Waals surface area (Å²) in [4.78, 5) is 18.3. The number of amides is 1. The molecule has 0 spiro atoms. The minimum absolute atomic E-state index is 0. The van der Waals surface area contributed by atoms with E-state index in [4.69, 9.17) is 4.74 Å². The average Bonchev–Trinajstić information content (AvgIpc) is 2.75. The molecule has 2 aliphatic rings. The highest BCUT2D eigenvalue weighted by molar-refractivity contribution is 14.0. The molecule has 10 heteroatoms. The van der Waals surface area contributed by atoms with E-state index >= 15 is 0 Å². The van der Waals surface area contributed by atoms with Crippen molar-refractivity contribution in [3.8, 4) is 0 Å². The lowest BCUT2D eigenvalue weighted by Gasteiger charge is -2.40. The predicted molar refractivity (Wildman–Crippen MR) is 108 cm³/mol. The molecule has 2 N–H and O–H groups in total. The van der Waals surface area contributed by atoms with Gasteiger partial charge in [-0.05, 0) is 46.5 Å². The highest BCUT2D eigenvalue weighted by atomic mass is 127. The van der Waals surface area contributed by atoms with Crippen molar-refractivity contribution in [2.24, 2.45) is 4.99 Å². The maximum absolute atomic E-state index is 12.4. The molecule has 2 fully saturated rings. The normalized spacial score (nSPS) is 25.7. The number of aliphatic imine (C=N–C) groups is 1. The molecule has 2 heterocycles.